The fourth-order valence-electron chi connectivity index (χ4n) is 3.26. The predicted molar refractivity (Wildman–Crippen MR) is 91.8 cm³/mol. The smallest absolute Gasteiger partial charge is 0.122 e. The Balaban J connectivity index is 1.70. The molecule has 3 heterocycles. The quantitative estimate of drug-likeness (QED) is 0.614. The number of nitrogens with one attached hydrogen (secondary N) is 1. The molecule has 0 unspecified atom stereocenters. The number of fused-ring (bicyclic) bond motifs is 2. The Morgan fingerprint density at radius 3 is 2.88 bits per heavy atom. The van der Waals surface area contributed by atoms with E-state index in [0.717, 1.165) is 52.2 Å². The van der Waals surface area contributed by atoms with Crippen molar-refractivity contribution in [2.75, 3.05) is 6.61 Å². The number of ether oxygens (including phenoxy) is 1. The van der Waals surface area contributed by atoms with E-state index in [1.165, 1.54) is 5.56 Å². The Morgan fingerprint density at radius 2 is 1.88 bits per heavy atom. The Hall–Kier alpha value is -3.21. The molecule has 0 spiro atoms. The summed E-state index contributed by atoms with van der Waals surface area (Å²) in [5, 5.41) is 12.7. The molecule has 2 aromatic heterocycles. The van der Waals surface area contributed by atoms with E-state index in [9.17, 15) is 0 Å². The van der Waals surface area contributed by atoms with Crippen LogP contribution in [0.25, 0.3) is 33.4 Å². The molecule has 1 aliphatic rings. The first-order valence-corrected chi connectivity index (χ1v) is 7.91. The molecule has 0 atom stereocenters. The van der Waals surface area contributed by atoms with Gasteiger partial charge in [-0.1, -0.05) is 18.2 Å². The van der Waals surface area contributed by atoms with Crippen LogP contribution in [0.15, 0.2) is 54.7 Å². The highest BCUT2D eigenvalue weighted by Gasteiger charge is 2.18. The van der Waals surface area contributed by atoms with Gasteiger partial charge < -0.3 is 4.74 Å². The van der Waals surface area contributed by atoms with Gasteiger partial charge in [0.25, 0.3) is 0 Å². The normalized spacial score (nSPS) is 13.0. The number of pyridine rings is 1. The summed E-state index contributed by atoms with van der Waals surface area (Å²) in [5.74, 6) is 0.971. The second-order valence-electron chi connectivity index (χ2n) is 5.82. The molecule has 4 aromatic rings. The van der Waals surface area contributed by atoms with Crippen LogP contribution in [0, 0.1) is 0 Å². The van der Waals surface area contributed by atoms with Crippen molar-refractivity contribution in [2.24, 2.45) is 0 Å². The maximum absolute atomic E-state index is 5.59. The largest absolute Gasteiger partial charge is 0.493 e. The number of hydrogen-bond donors (Lipinski definition) is 1. The van der Waals surface area contributed by atoms with Gasteiger partial charge in [0, 0.05) is 29.1 Å². The van der Waals surface area contributed by atoms with Crippen LogP contribution in [0.5, 0.6) is 5.75 Å². The number of para-hydroxylation sites is 1. The zero-order valence-corrected chi connectivity index (χ0v) is 12.9. The Bertz CT molecular complexity index is 1050. The van der Waals surface area contributed by atoms with Crippen molar-refractivity contribution in [1.82, 2.24) is 20.4 Å². The first-order valence-electron chi connectivity index (χ1n) is 7.91. The molecule has 0 saturated heterocycles. The van der Waals surface area contributed by atoms with Crippen molar-refractivity contribution < 1.29 is 4.74 Å². The maximum Gasteiger partial charge on any atom is 0.122 e. The predicted octanol–water partition coefficient (Wildman–Crippen LogP) is 3.62. The molecule has 1 aliphatic heterocycles. The number of nitrogens with zero attached hydrogens (tertiary/aromatic N) is 3. The van der Waals surface area contributed by atoms with Crippen LogP contribution in [-0.4, -0.2) is 27.0 Å². The number of hydrogen-bond acceptors (Lipinski definition) is 4. The van der Waals surface area contributed by atoms with Crippen LogP contribution in [0.2, 0.25) is 0 Å². The molecule has 2 aromatic carbocycles. The minimum atomic E-state index is 0.749. The molecule has 0 aliphatic carbocycles. The molecule has 0 radical (unpaired) electrons. The first kappa shape index (κ1) is 13.2. The third-order valence-corrected chi connectivity index (χ3v) is 4.41. The van der Waals surface area contributed by atoms with Crippen molar-refractivity contribution in [3.8, 4) is 28.3 Å². The maximum atomic E-state index is 5.59. The topological polar surface area (TPSA) is 63.7 Å². The summed E-state index contributed by atoms with van der Waals surface area (Å²) in [6, 6.07) is 16.3. The summed E-state index contributed by atoms with van der Waals surface area (Å²) in [5.41, 5.74) is 5.94. The Labute approximate surface area is 138 Å². The van der Waals surface area contributed by atoms with Crippen LogP contribution in [0.1, 0.15) is 5.56 Å². The number of rotatable bonds is 2. The van der Waals surface area contributed by atoms with Crippen molar-refractivity contribution in [3.05, 3.63) is 60.3 Å². The average Bonchev–Trinajstić information content (AvgIpc) is 3.29. The zero-order valence-electron chi connectivity index (χ0n) is 12.9. The van der Waals surface area contributed by atoms with E-state index in [1.54, 1.807) is 0 Å². The van der Waals surface area contributed by atoms with Crippen LogP contribution >= 0.6 is 0 Å². The van der Waals surface area contributed by atoms with Crippen molar-refractivity contribution >= 4 is 10.9 Å². The third-order valence-electron chi connectivity index (χ3n) is 4.41. The Kier molecular flexibility index (Phi) is 2.85. The van der Waals surface area contributed by atoms with Gasteiger partial charge in [-0.05, 0) is 35.9 Å². The zero-order chi connectivity index (χ0) is 15.9. The lowest BCUT2D eigenvalue weighted by molar-refractivity contribution is 0.357. The standard InChI is InChI=1S/C19H14N4O/c1-2-4-16-14(3-1)15(7-9-20-16)19-18(21-23-22-19)13-5-6-17-12(11-13)8-10-24-17/h1-7,9,11H,8,10H2,(H,21,22,23). The van der Waals surface area contributed by atoms with E-state index in [1.807, 2.05) is 42.6 Å². The van der Waals surface area contributed by atoms with Gasteiger partial charge in [-0.15, -0.1) is 0 Å². The van der Waals surface area contributed by atoms with Gasteiger partial charge in [-0.3, -0.25) is 4.98 Å². The molecule has 5 nitrogen and oxygen atoms in total. The monoisotopic (exact) mass is 314 g/mol. The average molecular weight is 314 g/mol. The van der Waals surface area contributed by atoms with Crippen LogP contribution < -0.4 is 4.74 Å². The van der Waals surface area contributed by atoms with E-state index in [0.29, 0.717) is 0 Å². The lowest BCUT2D eigenvalue weighted by Crippen LogP contribution is -1.88. The highest BCUT2D eigenvalue weighted by molar-refractivity contribution is 5.96. The second-order valence-corrected chi connectivity index (χ2v) is 5.82. The molecular formula is C19H14N4O. The van der Waals surface area contributed by atoms with Crippen LogP contribution in [0.3, 0.4) is 0 Å². The summed E-state index contributed by atoms with van der Waals surface area (Å²) in [6.45, 7) is 0.749. The van der Waals surface area contributed by atoms with E-state index in [-0.39, 0.29) is 0 Å². The first-order chi connectivity index (χ1) is 11.9. The molecule has 5 heteroatoms. The number of aromatic amines is 1. The summed E-state index contributed by atoms with van der Waals surface area (Å²) in [6.07, 6.45) is 2.75. The molecule has 5 rings (SSSR count). The number of H-pyrrole nitrogens is 1. The highest BCUT2D eigenvalue weighted by atomic mass is 16.5. The van der Waals surface area contributed by atoms with Crippen molar-refractivity contribution in [1.29, 1.82) is 0 Å². The van der Waals surface area contributed by atoms with E-state index in [4.69, 9.17) is 4.74 Å². The Morgan fingerprint density at radius 1 is 0.958 bits per heavy atom. The minimum Gasteiger partial charge on any atom is -0.493 e. The van der Waals surface area contributed by atoms with Gasteiger partial charge in [0.05, 0.1) is 12.1 Å². The molecule has 0 bridgehead atoms. The summed E-state index contributed by atoms with van der Waals surface area (Å²) >= 11 is 0. The van der Waals surface area contributed by atoms with Gasteiger partial charge >= 0.3 is 0 Å². The minimum absolute atomic E-state index is 0.749. The SMILES string of the molecule is c1ccc2c(-c3n[nH]nc3-c3ccc4c(c3)CCO4)ccnc2c1. The van der Waals surface area contributed by atoms with E-state index >= 15 is 0 Å². The lowest BCUT2D eigenvalue weighted by atomic mass is 10.00. The fraction of sp³-hybridized carbons (Fsp3) is 0.105. The van der Waals surface area contributed by atoms with Crippen LogP contribution in [-0.2, 0) is 6.42 Å². The van der Waals surface area contributed by atoms with Crippen molar-refractivity contribution in [3.63, 3.8) is 0 Å². The number of benzene rings is 2. The molecule has 0 amide bonds. The molecule has 0 saturated carbocycles. The fourth-order valence-corrected chi connectivity index (χ4v) is 3.26. The summed E-state index contributed by atoms with van der Waals surface area (Å²) in [4.78, 5) is 4.43. The highest BCUT2D eigenvalue weighted by Crippen LogP contribution is 2.35. The third kappa shape index (κ3) is 1.98. The van der Waals surface area contributed by atoms with Gasteiger partial charge in [0.1, 0.15) is 17.1 Å². The lowest BCUT2D eigenvalue weighted by Gasteiger charge is -2.06. The molecule has 1 N–H and O–H groups in total. The van der Waals surface area contributed by atoms with Gasteiger partial charge in [0.2, 0.25) is 0 Å². The summed E-state index contributed by atoms with van der Waals surface area (Å²) in [7, 11) is 0. The molecular weight excluding hydrogens is 300 g/mol. The number of aromatic nitrogens is 4. The second kappa shape index (κ2) is 5.16. The van der Waals surface area contributed by atoms with Crippen LogP contribution in [0.4, 0.5) is 0 Å². The molecule has 116 valence electrons. The summed E-state index contributed by atoms with van der Waals surface area (Å²) < 4.78 is 5.59. The molecule has 0 fully saturated rings. The van der Waals surface area contributed by atoms with Gasteiger partial charge in [-0.25, -0.2) is 0 Å². The van der Waals surface area contributed by atoms with Gasteiger partial charge in [-0.2, -0.15) is 15.4 Å². The molecule has 24 heavy (non-hydrogen) atoms. The van der Waals surface area contributed by atoms with Crippen molar-refractivity contribution in [2.45, 2.75) is 6.42 Å². The van der Waals surface area contributed by atoms with E-state index < -0.39 is 0 Å². The van der Waals surface area contributed by atoms with E-state index in [2.05, 4.69) is 32.5 Å². The van der Waals surface area contributed by atoms with Gasteiger partial charge in [0.15, 0.2) is 0 Å².